The van der Waals surface area contributed by atoms with Gasteiger partial charge in [0, 0.05) is 11.1 Å². The van der Waals surface area contributed by atoms with Crippen molar-refractivity contribution in [3.63, 3.8) is 0 Å². The fraction of sp³-hybridized carbons (Fsp3) is 0.455. The van der Waals surface area contributed by atoms with Gasteiger partial charge in [-0.3, -0.25) is 0 Å². The van der Waals surface area contributed by atoms with Gasteiger partial charge in [0.05, 0.1) is 10.0 Å². The summed E-state index contributed by atoms with van der Waals surface area (Å²) >= 11 is 17.9. The van der Waals surface area contributed by atoms with Crippen LogP contribution in [0.3, 0.4) is 0 Å². The number of benzene rings is 1. The largest absolute Gasteiger partial charge is 0.330 e. The number of nitrogens with two attached hydrogens (primary N) is 2. The molecule has 17 heavy (non-hydrogen) atoms. The summed E-state index contributed by atoms with van der Waals surface area (Å²) in [6, 6.07) is 3.24. The lowest BCUT2D eigenvalue weighted by molar-refractivity contribution is 0.591. The highest BCUT2D eigenvalue weighted by atomic mass is 35.5. The molecular formula is C11H16Cl4N2. The van der Waals surface area contributed by atoms with E-state index in [-0.39, 0.29) is 18.4 Å². The zero-order valence-electron chi connectivity index (χ0n) is 9.26. The first-order valence-electron chi connectivity index (χ1n) is 5.16. The van der Waals surface area contributed by atoms with E-state index in [2.05, 4.69) is 0 Å². The van der Waals surface area contributed by atoms with Crippen LogP contribution in [0.25, 0.3) is 0 Å². The van der Waals surface area contributed by atoms with Crippen molar-refractivity contribution < 1.29 is 0 Å². The van der Waals surface area contributed by atoms with Gasteiger partial charge in [0.15, 0.2) is 0 Å². The summed E-state index contributed by atoms with van der Waals surface area (Å²) in [5, 5.41) is 1.49. The molecule has 0 bridgehead atoms. The summed E-state index contributed by atoms with van der Waals surface area (Å²) in [6.45, 7) is 0.677. The van der Waals surface area contributed by atoms with E-state index >= 15 is 0 Å². The highest BCUT2D eigenvalue weighted by Gasteiger charge is 2.13. The second kappa shape index (κ2) is 8.41. The van der Waals surface area contributed by atoms with Gasteiger partial charge in [-0.1, -0.05) is 41.2 Å². The van der Waals surface area contributed by atoms with Crippen LogP contribution in [0.15, 0.2) is 12.1 Å². The summed E-state index contributed by atoms with van der Waals surface area (Å²) < 4.78 is 0. The van der Waals surface area contributed by atoms with E-state index in [0.717, 1.165) is 24.8 Å². The summed E-state index contributed by atoms with van der Waals surface area (Å²) in [7, 11) is 0. The molecule has 0 spiro atoms. The second-order valence-electron chi connectivity index (χ2n) is 3.68. The van der Waals surface area contributed by atoms with Crippen molar-refractivity contribution >= 4 is 47.2 Å². The Bertz CT molecular complexity index is 358. The zero-order chi connectivity index (χ0) is 12.1. The van der Waals surface area contributed by atoms with E-state index in [9.17, 15) is 0 Å². The Kier molecular flexibility index (Phi) is 8.56. The van der Waals surface area contributed by atoms with Gasteiger partial charge in [-0.15, -0.1) is 12.4 Å². The molecule has 1 aromatic rings. The molecule has 0 heterocycles. The molecule has 0 aromatic heterocycles. The number of halogens is 4. The molecule has 0 fully saturated rings. The van der Waals surface area contributed by atoms with E-state index in [1.165, 1.54) is 0 Å². The molecule has 0 saturated carbocycles. The Morgan fingerprint density at radius 3 is 2.35 bits per heavy atom. The normalized spacial score (nSPS) is 12.1. The molecule has 1 rings (SSSR count). The molecule has 0 amide bonds. The summed E-state index contributed by atoms with van der Waals surface area (Å²) in [4.78, 5) is 0. The van der Waals surface area contributed by atoms with Gasteiger partial charge in [0.2, 0.25) is 0 Å². The first-order chi connectivity index (χ1) is 7.56. The molecule has 6 heteroatoms. The molecule has 0 aliphatic heterocycles. The van der Waals surface area contributed by atoms with E-state index in [1.807, 2.05) is 0 Å². The van der Waals surface area contributed by atoms with Gasteiger partial charge < -0.3 is 11.5 Å². The third kappa shape index (κ3) is 5.21. The van der Waals surface area contributed by atoms with Crippen LogP contribution in [0, 0.1) is 0 Å². The van der Waals surface area contributed by atoms with Crippen LogP contribution in [0.4, 0.5) is 0 Å². The van der Waals surface area contributed by atoms with Gasteiger partial charge in [-0.25, -0.2) is 0 Å². The Morgan fingerprint density at radius 1 is 1.12 bits per heavy atom. The fourth-order valence-electron chi connectivity index (χ4n) is 1.51. The van der Waals surface area contributed by atoms with Crippen molar-refractivity contribution in [3.8, 4) is 0 Å². The van der Waals surface area contributed by atoms with Crippen LogP contribution < -0.4 is 11.5 Å². The van der Waals surface area contributed by atoms with Crippen molar-refractivity contribution in [3.05, 3.63) is 32.8 Å². The minimum absolute atomic E-state index is 0. The number of unbranched alkanes of at least 4 members (excludes halogenated alkanes) is 1. The highest BCUT2D eigenvalue weighted by Crippen LogP contribution is 2.34. The third-order valence-corrected chi connectivity index (χ3v) is 3.42. The van der Waals surface area contributed by atoms with E-state index in [0.29, 0.717) is 21.6 Å². The van der Waals surface area contributed by atoms with Crippen molar-refractivity contribution in [2.75, 3.05) is 6.54 Å². The minimum Gasteiger partial charge on any atom is -0.330 e. The third-order valence-electron chi connectivity index (χ3n) is 2.39. The number of hydrogen-bond acceptors (Lipinski definition) is 2. The van der Waals surface area contributed by atoms with E-state index in [4.69, 9.17) is 46.3 Å². The maximum Gasteiger partial charge on any atom is 0.0641 e. The van der Waals surface area contributed by atoms with Crippen molar-refractivity contribution in [2.45, 2.75) is 25.3 Å². The lowest BCUT2D eigenvalue weighted by Gasteiger charge is -2.14. The smallest absolute Gasteiger partial charge is 0.0641 e. The van der Waals surface area contributed by atoms with Gasteiger partial charge >= 0.3 is 0 Å². The first kappa shape index (κ1) is 17.3. The van der Waals surface area contributed by atoms with Crippen molar-refractivity contribution in [1.29, 1.82) is 0 Å². The molecule has 0 aliphatic rings. The second-order valence-corrected chi connectivity index (χ2v) is 4.90. The van der Waals surface area contributed by atoms with Crippen LogP contribution in [0.2, 0.25) is 15.1 Å². The molecule has 0 radical (unpaired) electrons. The fourth-order valence-corrected chi connectivity index (χ4v) is 2.27. The average molecular weight is 318 g/mol. The van der Waals surface area contributed by atoms with Crippen LogP contribution in [0.5, 0.6) is 0 Å². The number of hydrogen-bond donors (Lipinski definition) is 2. The van der Waals surface area contributed by atoms with Gasteiger partial charge in [-0.05, 0) is 37.1 Å². The van der Waals surface area contributed by atoms with Crippen LogP contribution in [0.1, 0.15) is 30.9 Å². The topological polar surface area (TPSA) is 52.0 Å². The Morgan fingerprint density at radius 2 is 1.76 bits per heavy atom. The molecule has 4 N–H and O–H groups in total. The van der Waals surface area contributed by atoms with Gasteiger partial charge in [0.25, 0.3) is 0 Å². The molecular weight excluding hydrogens is 302 g/mol. The highest BCUT2D eigenvalue weighted by molar-refractivity contribution is 6.43. The first-order valence-corrected chi connectivity index (χ1v) is 6.29. The molecule has 0 saturated heterocycles. The average Bonchev–Trinajstić information content (AvgIpc) is 2.23. The lowest BCUT2D eigenvalue weighted by Crippen LogP contribution is -2.11. The number of rotatable bonds is 5. The summed E-state index contributed by atoms with van der Waals surface area (Å²) in [6.07, 6.45) is 2.76. The SMILES string of the molecule is Cl.NCCCC[C@@H](N)c1cc(Cl)cc(Cl)c1Cl. The van der Waals surface area contributed by atoms with Crippen molar-refractivity contribution in [2.24, 2.45) is 11.5 Å². The van der Waals surface area contributed by atoms with E-state index < -0.39 is 0 Å². The Balaban J connectivity index is 0.00000256. The van der Waals surface area contributed by atoms with Crippen LogP contribution >= 0.6 is 47.2 Å². The maximum atomic E-state index is 6.08. The lowest BCUT2D eigenvalue weighted by atomic mass is 10.0. The molecule has 98 valence electrons. The zero-order valence-corrected chi connectivity index (χ0v) is 12.3. The Labute approximate surface area is 123 Å². The van der Waals surface area contributed by atoms with E-state index in [1.54, 1.807) is 12.1 Å². The van der Waals surface area contributed by atoms with Gasteiger partial charge in [0.1, 0.15) is 0 Å². The standard InChI is InChI=1S/C11H15Cl3N2.ClH/c12-7-5-8(11(14)9(13)6-7)10(16)3-1-2-4-15;/h5-6,10H,1-4,15-16H2;1H/t10-;/m1./s1. The van der Waals surface area contributed by atoms with Crippen LogP contribution in [-0.4, -0.2) is 6.54 Å². The molecule has 2 nitrogen and oxygen atoms in total. The monoisotopic (exact) mass is 316 g/mol. The summed E-state index contributed by atoms with van der Waals surface area (Å²) in [5.74, 6) is 0. The van der Waals surface area contributed by atoms with Gasteiger partial charge in [-0.2, -0.15) is 0 Å². The molecule has 0 unspecified atom stereocenters. The quantitative estimate of drug-likeness (QED) is 0.631. The molecule has 1 aromatic carbocycles. The van der Waals surface area contributed by atoms with Crippen LogP contribution in [-0.2, 0) is 0 Å². The molecule has 0 aliphatic carbocycles. The predicted molar refractivity (Wildman–Crippen MR) is 78.6 cm³/mol. The summed E-state index contributed by atoms with van der Waals surface area (Å²) in [5.41, 5.74) is 12.3. The minimum atomic E-state index is -0.143. The maximum absolute atomic E-state index is 6.08. The molecule has 1 atom stereocenters. The Hall–Kier alpha value is 0.300. The van der Waals surface area contributed by atoms with Crippen molar-refractivity contribution in [1.82, 2.24) is 0 Å². The predicted octanol–water partition coefficient (Wildman–Crippen LogP) is 4.20.